The molecule has 3 aromatic rings. The van der Waals surface area contributed by atoms with Crippen LogP contribution in [0.15, 0.2) is 48.5 Å². The molecule has 1 amide bonds. The molecule has 1 atom stereocenters. The third-order valence-electron chi connectivity index (χ3n) is 7.29. The molecule has 1 unspecified atom stereocenters. The second-order valence-corrected chi connectivity index (χ2v) is 12.0. The van der Waals surface area contributed by atoms with Gasteiger partial charge in [0.05, 0.1) is 35.4 Å². The number of aliphatic hydroxyl groups is 1. The number of hydrogen-bond acceptors (Lipinski definition) is 6. The second-order valence-electron chi connectivity index (χ2n) is 9.47. The van der Waals surface area contributed by atoms with E-state index < -0.39 is 45.4 Å². The molecule has 1 aliphatic carbocycles. The van der Waals surface area contributed by atoms with Crippen LogP contribution in [-0.4, -0.2) is 53.6 Å². The molecule has 1 fully saturated rings. The molecule has 8 nitrogen and oxygen atoms in total. The van der Waals surface area contributed by atoms with Crippen LogP contribution in [-0.2, 0) is 26.1 Å². The normalized spacial score (nSPS) is 20.3. The van der Waals surface area contributed by atoms with Crippen LogP contribution in [0.4, 0.5) is 13.2 Å². The number of aliphatic hydroxyl groups excluding tert-OH is 1. The van der Waals surface area contributed by atoms with E-state index in [1.54, 1.807) is 30.3 Å². The lowest BCUT2D eigenvalue weighted by molar-refractivity contribution is -0.188. The van der Waals surface area contributed by atoms with Crippen molar-refractivity contribution in [2.75, 3.05) is 12.4 Å². The van der Waals surface area contributed by atoms with Crippen molar-refractivity contribution in [3.63, 3.8) is 0 Å². The van der Waals surface area contributed by atoms with Crippen molar-refractivity contribution in [2.45, 2.75) is 56.4 Å². The third kappa shape index (κ3) is 5.04. The fourth-order valence-corrected chi connectivity index (χ4v) is 6.83. The first-order valence-electron chi connectivity index (χ1n) is 12.3. The average Bonchev–Trinajstić information content (AvgIpc) is 3.26. The van der Waals surface area contributed by atoms with Gasteiger partial charge >= 0.3 is 6.18 Å². The number of benzene rings is 2. The van der Waals surface area contributed by atoms with Crippen molar-refractivity contribution >= 4 is 26.8 Å². The number of sulfone groups is 1. The molecule has 206 valence electrons. The monoisotopic (exact) mass is 553 g/mol. The molecule has 0 saturated heterocycles. The zero-order chi connectivity index (χ0) is 27.7. The number of rotatable bonds is 9. The van der Waals surface area contributed by atoms with Gasteiger partial charge < -0.3 is 15.6 Å². The fraction of sp³-hybridized carbons (Fsp3) is 0.462. The Morgan fingerprint density at radius 1 is 1.13 bits per heavy atom. The van der Waals surface area contributed by atoms with Crippen molar-refractivity contribution in [3.8, 4) is 0 Å². The van der Waals surface area contributed by atoms with Crippen molar-refractivity contribution in [1.82, 2.24) is 9.55 Å². The molecule has 1 heterocycles. The molecule has 4 rings (SSSR count). The number of alkyl halides is 3. The highest BCUT2D eigenvalue weighted by Gasteiger charge is 2.48. The van der Waals surface area contributed by atoms with Crippen LogP contribution in [0, 0.1) is 5.92 Å². The second kappa shape index (κ2) is 10.7. The molecule has 12 heteroatoms. The smallest absolute Gasteiger partial charge is 0.391 e. The number of hydrogen-bond donors (Lipinski definition) is 2. The van der Waals surface area contributed by atoms with Crippen molar-refractivity contribution < 1.29 is 36.2 Å². The molecular weight excluding hydrogens is 523 g/mol. The first-order chi connectivity index (χ1) is 17.9. The predicted molar refractivity (Wildman–Crippen MR) is 135 cm³/mol. The SMILES string of the molecule is CCS(=O)(=O)C(CO)(c1ccccc1)n1c(COC2CCC(C(F)(F)F)CC2)nc2cc(C(N)=O)ccc21. The highest BCUT2D eigenvalue weighted by atomic mass is 32.2. The quantitative estimate of drug-likeness (QED) is 0.414. The van der Waals surface area contributed by atoms with Gasteiger partial charge in [-0.15, -0.1) is 0 Å². The van der Waals surface area contributed by atoms with E-state index in [9.17, 15) is 31.5 Å². The van der Waals surface area contributed by atoms with Gasteiger partial charge in [-0.1, -0.05) is 37.3 Å². The van der Waals surface area contributed by atoms with Gasteiger partial charge in [0.15, 0.2) is 14.7 Å². The average molecular weight is 554 g/mol. The van der Waals surface area contributed by atoms with Gasteiger partial charge in [0.25, 0.3) is 0 Å². The Morgan fingerprint density at radius 2 is 1.79 bits per heavy atom. The van der Waals surface area contributed by atoms with Gasteiger partial charge in [0.1, 0.15) is 12.4 Å². The summed E-state index contributed by atoms with van der Waals surface area (Å²) in [6.07, 6.45) is -4.42. The number of ether oxygens (including phenoxy) is 1. The molecule has 2 aromatic carbocycles. The summed E-state index contributed by atoms with van der Waals surface area (Å²) in [6, 6.07) is 12.6. The van der Waals surface area contributed by atoms with E-state index in [0.29, 0.717) is 11.1 Å². The minimum absolute atomic E-state index is 0.0542. The van der Waals surface area contributed by atoms with E-state index in [2.05, 4.69) is 4.98 Å². The van der Waals surface area contributed by atoms with Gasteiger partial charge in [-0.3, -0.25) is 9.36 Å². The van der Waals surface area contributed by atoms with Crippen molar-refractivity contribution in [3.05, 3.63) is 65.5 Å². The zero-order valence-corrected chi connectivity index (χ0v) is 21.6. The summed E-state index contributed by atoms with van der Waals surface area (Å²) in [5.41, 5.74) is 6.48. The number of amides is 1. The number of halogens is 3. The van der Waals surface area contributed by atoms with Crippen LogP contribution in [0.25, 0.3) is 11.0 Å². The number of fused-ring (bicyclic) bond motifs is 1. The summed E-state index contributed by atoms with van der Waals surface area (Å²) in [5.74, 6) is -2.22. The highest BCUT2D eigenvalue weighted by molar-refractivity contribution is 7.92. The number of imidazole rings is 1. The minimum Gasteiger partial charge on any atom is -0.392 e. The van der Waals surface area contributed by atoms with E-state index >= 15 is 0 Å². The van der Waals surface area contributed by atoms with E-state index in [-0.39, 0.29) is 54.9 Å². The molecule has 3 N–H and O–H groups in total. The maximum atomic E-state index is 13.7. The molecule has 1 aliphatic rings. The van der Waals surface area contributed by atoms with E-state index in [1.807, 2.05) is 0 Å². The lowest BCUT2D eigenvalue weighted by Crippen LogP contribution is -2.48. The van der Waals surface area contributed by atoms with Crippen molar-refractivity contribution in [1.29, 1.82) is 0 Å². The summed E-state index contributed by atoms with van der Waals surface area (Å²) in [6.45, 7) is 0.442. The number of nitrogens with two attached hydrogens (primary N) is 1. The lowest BCUT2D eigenvalue weighted by atomic mass is 9.87. The van der Waals surface area contributed by atoms with Gasteiger partial charge in [0.2, 0.25) is 5.91 Å². The van der Waals surface area contributed by atoms with Crippen LogP contribution < -0.4 is 5.73 Å². The number of carbonyl (C=O) groups is 1. The van der Waals surface area contributed by atoms with Gasteiger partial charge in [-0.2, -0.15) is 13.2 Å². The zero-order valence-electron chi connectivity index (χ0n) is 20.8. The Morgan fingerprint density at radius 3 is 2.34 bits per heavy atom. The number of aromatic nitrogens is 2. The predicted octanol–water partition coefficient (Wildman–Crippen LogP) is 3.90. The van der Waals surface area contributed by atoms with E-state index in [0.717, 1.165) is 0 Å². The topological polar surface area (TPSA) is 125 Å². The summed E-state index contributed by atoms with van der Waals surface area (Å²) in [7, 11) is -4.05. The Hall–Kier alpha value is -2.96. The summed E-state index contributed by atoms with van der Waals surface area (Å²) < 4.78 is 74.1. The molecular formula is C26H30F3N3O5S. The fourth-order valence-electron chi connectivity index (χ4n) is 5.18. The molecule has 0 bridgehead atoms. The summed E-state index contributed by atoms with van der Waals surface area (Å²) in [4.78, 5) is 14.4. The number of primary amides is 1. The first-order valence-corrected chi connectivity index (χ1v) is 14.0. The van der Waals surface area contributed by atoms with Gasteiger partial charge in [-0.25, -0.2) is 13.4 Å². The van der Waals surface area contributed by atoms with Crippen LogP contribution in [0.2, 0.25) is 0 Å². The van der Waals surface area contributed by atoms with Crippen LogP contribution in [0.3, 0.4) is 0 Å². The molecule has 0 spiro atoms. The minimum atomic E-state index is -4.25. The van der Waals surface area contributed by atoms with Crippen LogP contribution in [0.5, 0.6) is 0 Å². The van der Waals surface area contributed by atoms with Gasteiger partial charge in [0, 0.05) is 5.56 Å². The Labute approximate surface area is 218 Å². The maximum Gasteiger partial charge on any atom is 0.391 e. The summed E-state index contributed by atoms with van der Waals surface area (Å²) in [5, 5.41) is 10.8. The number of nitrogens with zero attached hydrogens (tertiary/aromatic N) is 2. The first kappa shape index (κ1) is 28.1. The van der Waals surface area contributed by atoms with Crippen LogP contribution in [0.1, 0.15) is 54.4 Å². The van der Waals surface area contributed by atoms with E-state index in [4.69, 9.17) is 10.5 Å². The Bertz CT molecular complexity index is 1400. The third-order valence-corrected chi connectivity index (χ3v) is 9.63. The summed E-state index contributed by atoms with van der Waals surface area (Å²) >= 11 is 0. The standard InChI is InChI=1S/C26H30F3N3O5S/c1-2-38(35,36)25(16-33,18-6-4-3-5-7-18)32-22-13-8-17(24(30)34)14-21(22)31-23(32)15-37-20-11-9-19(10-12-20)26(27,28)29/h3-8,13-14,19-20,33H,2,9-12,15-16H2,1H3,(H2,30,34). The highest BCUT2D eigenvalue weighted by Crippen LogP contribution is 2.40. The van der Waals surface area contributed by atoms with Crippen LogP contribution >= 0.6 is 0 Å². The molecule has 0 aliphatic heterocycles. The lowest BCUT2D eigenvalue weighted by Gasteiger charge is -2.35. The molecule has 0 radical (unpaired) electrons. The van der Waals surface area contributed by atoms with E-state index in [1.165, 1.54) is 29.7 Å². The molecule has 38 heavy (non-hydrogen) atoms. The Kier molecular flexibility index (Phi) is 7.87. The molecule has 1 aromatic heterocycles. The van der Waals surface area contributed by atoms with Gasteiger partial charge in [-0.05, 0) is 49.4 Å². The van der Waals surface area contributed by atoms with Crippen molar-refractivity contribution in [2.24, 2.45) is 11.7 Å². The number of carbonyl (C=O) groups excluding carboxylic acids is 1. The largest absolute Gasteiger partial charge is 0.392 e. The maximum absolute atomic E-state index is 13.7. The molecule has 1 saturated carbocycles. The Balaban J connectivity index is 1.83.